The van der Waals surface area contributed by atoms with Crippen LogP contribution in [0.1, 0.15) is 131 Å². The van der Waals surface area contributed by atoms with Crippen LogP contribution < -0.4 is 0 Å². The Morgan fingerprint density at radius 1 is 0.475 bits per heavy atom. The largest absolute Gasteiger partial charge is 0.508 e. The Hall–Kier alpha value is -1.96. The normalized spacial score (nSPS) is 42.4. The Morgan fingerprint density at radius 3 is 1.18 bits per heavy atom. The minimum Gasteiger partial charge on any atom is -0.508 e. The van der Waals surface area contributed by atoms with E-state index in [4.69, 9.17) is 0 Å². The number of phenols is 2. The molecule has 2 nitrogen and oxygen atoms in total. The summed E-state index contributed by atoms with van der Waals surface area (Å²) in [7, 11) is 0. The van der Waals surface area contributed by atoms with Gasteiger partial charge in [-0.25, -0.2) is 0 Å². The van der Waals surface area contributed by atoms with Gasteiger partial charge in [0.05, 0.1) is 0 Å². The summed E-state index contributed by atoms with van der Waals surface area (Å²) in [5, 5.41) is 22.8. The second kappa shape index (κ2) is 8.54. The standard InChI is InChI=1S/C38H48O2/c39-34-6-4-30(16-32(34)36-18-24-10-25(19-36)12-26(11-24)20-36)38(8-2-1-3-9-38)31-5-7-35(40)33(17-31)37-21-27-13-28(22-37)15-29(14-27)23-37/h4-7,16-17,24-29,39-40H,1-3,8-15,18-23H2. The first kappa shape index (κ1) is 24.6. The van der Waals surface area contributed by atoms with E-state index in [0.29, 0.717) is 11.5 Å². The third-order valence-corrected chi connectivity index (χ3v) is 14.0. The molecule has 0 amide bonds. The molecular formula is C38H48O2. The molecule has 212 valence electrons. The predicted molar refractivity (Wildman–Crippen MR) is 160 cm³/mol. The van der Waals surface area contributed by atoms with Crippen molar-refractivity contribution in [3.05, 3.63) is 58.7 Å². The van der Waals surface area contributed by atoms with Crippen molar-refractivity contribution in [2.45, 2.75) is 125 Å². The molecule has 2 aromatic carbocycles. The summed E-state index contributed by atoms with van der Waals surface area (Å²) in [6.45, 7) is 0. The highest BCUT2D eigenvalue weighted by molar-refractivity contribution is 5.52. The lowest BCUT2D eigenvalue weighted by molar-refractivity contribution is -0.00627. The summed E-state index contributed by atoms with van der Waals surface area (Å²) in [5.41, 5.74) is 5.85. The van der Waals surface area contributed by atoms with Crippen molar-refractivity contribution in [2.24, 2.45) is 35.5 Å². The van der Waals surface area contributed by atoms with Crippen molar-refractivity contribution in [3.8, 4) is 11.5 Å². The number of phenolic OH excluding ortho intramolecular Hbond substituents is 2. The summed E-state index contributed by atoms with van der Waals surface area (Å²) < 4.78 is 0. The van der Waals surface area contributed by atoms with Crippen molar-refractivity contribution in [2.75, 3.05) is 0 Å². The second-order valence-electron chi connectivity index (χ2n) is 16.5. The van der Waals surface area contributed by atoms with Crippen LogP contribution in [0, 0.1) is 35.5 Å². The number of benzene rings is 2. The molecule has 11 rings (SSSR count). The van der Waals surface area contributed by atoms with E-state index in [1.165, 1.54) is 131 Å². The topological polar surface area (TPSA) is 40.5 Å². The van der Waals surface area contributed by atoms with E-state index in [1.54, 1.807) is 0 Å². The number of rotatable bonds is 4. The fourth-order valence-corrected chi connectivity index (χ4v) is 13.3. The van der Waals surface area contributed by atoms with Gasteiger partial charge in [-0.2, -0.15) is 0 Å². The van der Waals surface area contributed by atoms with Gasteiger partial charge < -0.3 is 10.2 Å². The van der Waals surface area contributed by atoms with Crippen LogP contribution in [0.15, 0.2) is 36.4 Å². The average molecular weight is 537 g/mol. The summed E-state index contributed by atoms with van der Waals surface area (Å²) in [6.07, 6.45) is 22.6. The number of hydrogen-bond donors (Lipinski definition) is 2. The Kier molecular flexibility index (Phi) is 5.26. The maximum Gasteiger partial charge on any atom is 0.119 e. The van der Waals surface area contributed by atoms with E-state index in [9.17, 15) is 10.2 Å². The van der Waals surface area contributed by atoms with Gasteiger partial charge in [0.2, 0.25) is 0 Å². The molecule has 8 bridgehead atoms. The van der Waals surface area contributed by atoms with Crippen molar-refractivity contribution >= 4 is 0 Å². The highest BCUT2D eigenvalue weighted by Gasteiger charge is 2.54. The van der Waals surface area contributed by atoms with Crippen LogP contribution in [0.25, 0.3) is 0 Å². The molecule has 0 spiro atoms. The minimum absolute atomic E-state index is 0.00621. The van der Waals surface area contributed by atoms with Gasteiger partial charge in [-0.05, 0) is 159 Å². The molecule has 9 aliphatic rings. The molecule has 0 saturated heterocycles. The van der Waals surface area contributed by atoms with Gasteiger partial charge in [0, 0.05) is 16.5 Å². The summed E-state index contributed by atoms with van der Waals surface area (Å²) in [6, 6.07) is 13.7. The van der Waals surface area contributed by atoms with Crippen molar-refractivity contribution < 1.29 is 10.2 Å². The fraction of sp³-hybridized carbons (Fsp3) is 0.684. The van der Waals surface area contributed by atoms with E-state index >= 15 is 0 Å². The second-order valence-corrected chi connectivity index (χ2v) is 16.5. The molecule has 0 aliphatic heterocycles. The first-order valence-corrected chi connectivity index (χ1v) is 17.1. The lowest BCUT2D eigenvalue weighted by Crippen LogP contribution is -2.48. The number of aromatic hydroxyl groups is 2. The zero-order valence-corrected chi connectivity index (χ0v) is 24.3. The third-order valence-electron chi connectivity index (χ3n) is 14.0. The summed E-state index contributed by atoms with van der Waals surface area (Å²) in [5.74, 6) is 6.34. The molecule has 0 unspecified atom stereocenters. The van der Waals surface area contributed by atoms with Crippen LogP contribution in [-0.4, -0.2) is 10.2 Å². The van der Waals surface area contributed by atoms with E-state index in [-0.39, 0.29) is 16.2 Å². The Labute approximate surface area is 241 Å². The Balaban J connectivity index is 1.15. The molecule has 0 radical (unpaired) electrons. The van der Waals surface area contributed by atoms with E-state index in [0.717, 1.165) is 35.5 Å². The molecule has 0 heterocycles. The van der Waals surface area contributed by atoms with Gasteiger partial charge in [0.25, 0.3) is 0 Å². The van der Waals surface area contributed by atoms with Crippen molar-refractivity contribution in [1.82, 2.24) is 0 Å². The first-order chi connectivity index (χ1) is 19.4. The SMILES string of the molecule is Oc1ccc(C2(c3ccc(O)c(C45CC6CC(CC(C6)C4)C5)c3)CCCCC2)cc1C12CC3CC(CC(C3)C1)C2. The van der Waals surface area contributed by atoms with Gasteiger partial charge in [-0.1, -0.05) is 43.5 Å². The van der Waals surface area contributed by atoms with E-state index in [2.05, 4.69) is 36.4 Å². The zero-order chi connectivity index (χ0) is 26.7. The Morgan fingerprint density at radius 2 is 0.825 bits per heavy atom. The van der Waals surface area contributed by atoms with Crippen molar-refractivity contribution in [1.29, 1.82) is 0 Å². The van der Waals surface area contributed by atoms with Gasteiger partial charge in [0.15, 0.2) is 0 Å². The molecule has 2 heteroatoms. The molecule has 0 aromatic heterocycles. The maximum absolute atomic E-state index is 11.4. The number of hydrogen-bond acceptors (Lipinski definition) is 2. The molecular weight excluding hydrogens is 488 g/mol. The molecule has 0 atom stereocenters. The maximum atomic E-state index is 11.4. The molecule has 2 N–H and O–H groups in total. The summed E-state index contributed by atoms with van der Waals surface area (Å²) >= 11 is 0. The fourth-order valence-electron chi connectivity index (χ4n) is 13.3. The lowest BCUT2D eigenvalue weighted by Gasteiger charge is -2.57. The average Bonchev–Trinajstić information content (AvgIpc) is 2.92. The smallest absolute Gasteiger partial charge is 0.119 e. The van der Waals surface area contributed by atoms with Crippen LogP contribution in [0.2, 0.25) is 0 Å². The van der Waals surface area contributed by atoms with Crippen LogP contribution >= 0.6 is 0 Å². The quantitative estimate of drug-likeness (QED) is 0.409. The van der Waals surface area contributed by atoms with Gasteiger partial charge in [0.1, 0.15) is 11.5 Å². The van der Waals surface area contributed by atoms with Crippen molar-refractivity contribution in [3.63, 3.8) is 0 Å². The molecule has 9 fully saturated rings. The van der Waals surface area contributed by atoms with Crippen LogP contribution in [0.4, 0.5) is 0 Å². The highest BCUT2D eigenvalue weighted by Crippen LogP contribution is 2.64. The minimum atomic E-state index is -0.00621. The monoisotopic (exact) mass is 536 g/mol. The third kappa shape index (κ3) is 3.53. The molecule has 2 aromatic rings. The van der Waals surface area contributed by atoms with E-state index < -0.39 is 0 Å². The zero-order valence-electron chi connectivity index (χ0n) is 24.3. The molecule has 40 heavy (non-hydrogen) atoms. The molecule has 9 aliphatic carbocycles. The highest BCUT2D eigenvalue weighted by atomic mass is 16.3. The van der Waals surface area contributed by atoms with Crippen LogP contribution in [0.5, 0.6) is 11.5 Å². The van der Waals surface area contributed by atoms with Gasteiger partial charge in [-0.3, -0.25) is 0 Å². The van der Waals surface area contributed by atoms with E-state index in [1.807, 2.05) is 0 Å². The summed E-state index contributed by atoms with van der Waals surface area (Å²) in [4.78, 5) is 0. The van der Waals surface area contributed by atoms with Gasteiger partial charge >= 0.3 is 0 Å². The predicted octanol–water partition coefficient (Wildman–Crippen LogP) is 9.28. The molecule has 9 saturated carbocycles. The first-order valence-electron chi connectivity index (χ1n) is 17.1. The van der Waals surface area contributed by atoms with Crippen LogP contribution in [-0.2, 0) is 16.2 Å². The lowest BCUT2D eigenvalue weighted by atomic mass is 9.47. The van der Waals surface area contributed by atoms with Gasteiger partial charge in [-0.15, -0.1) is 0 Å². The Bertz CT molecular complexity index is 1160. The van der Waals surface area contributed by atoms with Crippen LogP contribution in [0.3, 0.4) is 0 Å².